The Kier molecular flexibility index (Phi) is 5.47. The van der Waals surface area contributed by atoms with Crippen LogP contribution in [0, 0.1) is 0 Å². The van der Waals surface area contributed by atoms with Gasteiger partial charge in [-0.05, 0) is 65.5 Å². The number of aromatic nitrogens is 4. The van der Waals surface area contributed by atoms with Crippen molar-refractivity contribution in [1.82, 2.24) is 19.1 Å². The molecule has 206 valence electrons. The van der Waals surface area contributed by atoms with Crippen LogP contribution >= 0.6 is 0 Å². The fraction of sp³-hybridized carbons (Fsp3) is 0. The summed E-state index contributed by atoms with van der Waals surface area (Å²) in [6.45, 7) is 0. The molecule has 4 heteroatoms. The van der Waals surface area contributed by atoms with Crippen LogP contribution in [0.3, 0.4) is 0 Å². The highest BCUT2D eigenvalue weighted by Crippen LogP contribution is 2.39. The first-order chi connectivity index (χ1) is 21.8. The van der Waals surface area contributed by atoms with Crippen LogP contribution in [0.25, 0.3) is 77.4 Å². The second-order valence-electron chi connectivity index (χ2n) is 11.1. The minimum atomic E-state index is 0.717. The van der Waals surface area contributed by atoms with E-state index < -0.39 is 0 Å². The molecule has 44 heavy (non-hydrogen) atoms. The molecule has 4 nitrogen and oxygen atoms in total. The van der Waals surface area contributed by atoms with E-state index in [1.165, 1.54) is 43.5 Å². The van der Waals surface area contributed by atoms with Crippen molar-refractivity contribution in [3.05, 3.63) is 158 Å². The van der Waals surface area contributed by atoms with Gasteiger partial charge in [0.05, 0.1) is 16.6 Å². The molecule has 9 rings (SSSR count). The summed E-state index contributed by atoms with van der Waals surface area (Å²) >= 11 is 0. The van der Waals surface area contributed by atoms with Crippen molar-refractivity contribution < 1.29 is 0 Å². The zero-order chi connectivity index (χ0) is 29.0. The number of hydrogen-bond acceptors (Lipinski definition) is 2. The number of para-hydroxylation sites is 2. The van der Waals surface area contributed by atoms with E-state index in [-0.39, 0.29) is 0 Å². The molecule has 0 saturated carbocycles. The van der Waals surface area contributed by atoms with Crippen molar-refractivity contribution in [1.29, 1.82) is 0 Å². The molecule has 3 heterocycles. The molecule has 0 amide bonds. The molecule has 3 aromatic heterocycles. The van der Waals surface area contributed by atoms with Crippen molar-refractivity contribution in [3.8, 4) is 33.9 Å². The summed E-state index contributed by atoms with van der Waals surface area (Å²) in [4.78, 5) is 9.38. The largest absolute Gasteiger partial charge is 0.317 e. The molecule has 0 aliphatic carbocycles. The van der Waals surface area contributed by atoms with Gasteiger partial charge in [0, 0.05) is 62.6 Å². The summed E-state index contributed by atoms with van der Waals surface area (Å²) < 4.78 is 4.66. The Bertz CT molecular complexity index is 2450. The van der Waals surface area contributed by atoms with Crippen LogP contribution in [0.15, 0.2) is 158 Å². The van der Waals surface area contributed by atoms with Gasteiger partial charge in [0.1, 0.15) is 0 Å². The fourth-order valence-corrected chi connectivity index (χ4v) is 6.59. The van der Waals surface area contributed by atoms with E-state index in [0.29, 0.717) is 5.82 Å². The lowest BCUT2D eigenvalue weighted by atomic mass is 10.0. The lowest BCUT2D eigenvalue weighted by Gasteiger charge is -2.12. The summed E-state index contributed by atoms with van der Waals surface area (Å²) in [5, 5.41) is 6.23. The molecule has 0 aliphatic heterocycles. The quantitative estimate of drug-likeness (QED) is 0.214. The molecule has 0 atom stereocenters. The van der Waals surface area contributed by atoms with Gasteiger partial charge < -0.3 is 9.13 Å². The van der Waals surface area contributed by atoms with Gasteiger partial charge in [0.15, 0.2) is 5.82 Å². The third kappa shape index (κ3) is 3.78. The lowest BCUT2D eigenvalue weighted by molar-refractivity contribution is 1.13. The average Bonchev–Trinajstić information content (AvgIpc) is 3.69. The van der Waals surface area contributed by atoms with Gasteiger partial charge >= 0.3 is 0 Å². The van der Waals surface area contributed by atoms with Crippen LogP contribution in [0.2, 0.25) is 0 Å². The monoisotopic (exact) mass is 562 g/mol. The highest BCUT2D eigenvalue weighted by atomic mass is 15.0. The predicted molar refractivity (Wildman–Crippen MR) is 182 cm³/mol. The Balaban J connectivity index is 1.19. The first-order valence-corrected chi connectivity index (χ1v) is 14.8. The van der Waals surface area contributed by atoms with Gasteiger partial charge in [-0.15, -0.1) is 0 Å². The third-order valence-electron chi connectivity index (χ3n) is 8.68. The molecule has 0 aliphatic rings. The Hall–Kier alpha value is -6.00. The zero-order valence-corrected chi connectivity index (χ0v) is 23.8. The molecule has 0 unspecified atom stereocenters. The van der Waals surface area contributed by atoms with E-state index in [9.17, 15) is 0 Å². The fourth-order valence-electron chi connectivity index (χ4n) is 6.59. The SMILES string of the molecule is c1ccc(-c2cnc(-c3ccc(-n4c5ccccc5c5ccc6c7ccn(-c8ccccc8)c7ccc6c54)cc3)nc2)cc1. The summed E-state index contributed by atoms with van der Waals surface area (Å²) in [6, 6.07) is 49.4. The third-order valence-corrected chi connectivity index (χ3v) is 8.68. The van der Waals surface area contributed by atoms with Crippen LogP contribution in [-0.4, -0.2) is 19.1 Å². The summed E-state index contributed by atoms with van der Waals surface area (Å²) in [6.07, 6.45) is 5.97. The topological polar surface area (TPSA) is 35.6 Å². The molecule has 0 bridgehead atoms. The lowest BCUT2D eigenvalue weighted by Crippen LogP contribution is -1.96. The van der Waals surface area contributed by atoms with Crippen molar-refractivity contribution in [3.63, 3.8) is 0 Å². The summed E-state index contributed by atoms with van der Waals surface area (Å²) in [5.41, 5.74) is 8.99. The van der Waals surface area contributed by atoms with Gasteiger partial charge in [-0.25, -0.2) is 9.97 Å². The standard InChI is InChI=1S/C40H26N4/c1-3-9-27(10-4-1)29-25-41-40(42-26-29)28-15-17-31(18-16-28)44-38-14-8-7-13-33(38)36-20-19-32-34-23-24-43(30-11-5-2-6-12-30)37(34)22-21-35(32)39(36)44/h1-26H. The van der Waals surface area contributed by atoms with Gasteiger partial charge in [-0.3, -0.25) is 0 Å². The van der Waals surface area contributed by atoms with Crippen molar-refractivity contribution in [2.75, 3.05) is 0 Å². The van der Waals surface area contributed by atoms with Gasteiger partial charge in [0.2, 0.25) is 0 Å². The molecular weight excluding hydrogens is 536 g/mol. The van der Waals surface area contributed by atoms with Crippen LogP contribution in [0.4, 0.5) is 0 Å². The molecule has 9 aromatic rings. The number of benzene rings is 6. The van der Waals surface area contributed by atoms with E-state index in [1.54, 1.807) is 0 Å². The second-order valence-corrected chi connectivity index (χ2v) is 11.1. The maximum absolute atomic E-state index is 4.69. The first kappa shape index (κ1) is 24.6. The molecule has 6 aromatic carbocycles. The van der Waals surface area contributed by atoms with E-state index in [4.69, 9.17) is 9.97 Å². The zero-order valence-electron chi connectivity index (χ0n) is 23.8. The smallest absolute Gasteiger partial charge is 0.159 e. The number of fused-ring (bicyclic) bond motifs is 7. The van der Waals surface area contributed by atoms with Crippen LogP contribution < -0.4 is 0 Å². The molecule has 0 spiro atoms. The summed E-state index contributed by atoms with van der Waals surface area (Å²) in [5.74, 6) is 0.717. The molecule has 0 radical (unpaired) electrons. The second kappa shape index (κ2) is 9.79. The number of nitrogens with zero attached hydrogens (tertiary/aromatic N) is 4. The summed E-state index contributed by atoms with van der Waals surface area (Å²) in [7, 11) is 0. The Morgan fingerprint density at radius 2 is 1.02 bits per heavy atom. The number of rotatable bonds is 4. The maximum atomic E-state index is 4.69. The van der Waals surface area contributed by atoms with Crippen molar-refractivity contribution >= 4 is 43.5 Å². The van der Waals surface area contributed by atoms with Crippen LogP contribution in [0.1, 0.15) is 0 Å². The van der Waals surface area contributed by atoms with Gasteiger partial charge in [-0.1, -0.05) is 84.9 Å². The van der Waals surface area contributed by atoms with Gasteiger partial charge in [0.25, 0.3) is 0 Å². The van der Waals surface area contributed by atoms with Crippen LogP contribution in [0.5, 0.6) is 0 Å². The van der Waals surface area contributed by atoms with E-state index >= 15 is 0 Å². The minimum Gasteiger partial charge on any atom is -0.317 e. The van der Waals surface area contributed by atoms with Crippen LogP contribution in [-0.2, 0) is 0 Å². The van der Waals surface area contributed by atoms with Crippen molar-refractivity contribution in [2.45, 2.75) is 0 Å². The first-order valence-electron chi connectivity index (χ1n) is 14.8. The highest BCUT2D eigenvalue weighted by Gasteiger charge is 2.17. The van der Waals surface area contributed by atoms with Crippen molar-refractivity contribution in [2.24, 2.45) is 0 Å². The Labute approximate surface area is 254 Å². The Morgan fingerprint density at radius 1 is 0.386 bits per heavy atom. The van der Waals surface area contributed by atoms with E-state index in [0.717, 1.165) is 28.1 Å². The van der Waals surface area contributed by atoms with Gasteiger partial charge in [-0.2, -0.15) is 0 Å². The number of hydrogen-bond donors (Lipinski definition) is 0. The minimum absolute atomic E-state index is 0.717. The molecule has 0 N–H and O–H groups in total. The molecule has 0 fully saturated rings. The van der Waals surface area contributed by atoms with E-state index in [2.05, 4.69) is 137 Å². The predicted octanol–water partition coefficient (Wildman–Crippen LogP) is 10.0. The maximum Gasteiger partial charge on any atom is 0.159 e. The molecular formula is C40H26N4. The average molecular weight is 563 g/mol. The molecule has 0 saturated heterocycles. The Morgan fingerprint density at radius 3 is 1.82 bits per heavy atom. The highest BCUT2D eigenvalue weighted by molar-refractivity contribution is 6.22. The van der Waals surface area contributed by atoms with E-state index in [1.807, 2.05) is 30.6 Å². The normalized spacial score (nSPS) is 11.6.